The zero-order chi connectivity index (χ0) is 27.4. The monoisotopic (exact) mass is 558 g/mol. The molecule has 3 aromatic rings. The van der Waals surface area contributed by atoms with Gasteiger partial charge in [-0.2, -0.15) is 31.4 Å². The fraction of sp³-hybridized carbons (Fsp3) is 0.348. The van der Waals surface area contributed by atoms with Crippen molar-refractivity contribution in [3.63, 3.8) is 0 Å². The molecule has 1 amide bonds. The molecule has 38 heavy (non-hydrogen) atoms. The summed E-state index contributed by atoms with van der Waals surface area (Å²) >= 11 is -0.345. The third-order valence-electron chi connectivity index (χ3n) is 6.40. The number of rotatable bonds is 3. The molecule has 2 aliphatic heterocycles. The van der Waals surface area contributed by atoms with E-state index in [1.165, 1.54) is 21.7 Å². The number of carbonyl (C=O) groups is 1. The van der Waals surface area contributed by atoms with Crippen molar-refractivity contribution in [3.05, 3.63) is 58.7 Å². The first-order valence-corrected chi connectivity index (χ1v) is 12.2. The summed E-state index contributed by atoms with van der Waals surface area (Å²) in [5.41, 5.74) is 1.84. The molecule has 8 nitrogen and oxygen atoms in total. The minimum absolute atomic E-state index is 0.157. The van der Waals surface area contributed by atoms with Crippen LogP contribution in [0.15, 0.2) is 35.4 Å². The van der Waals surface area contributed by atoms with E-state index in [1.54, 1.807) is 0 Å². The van der Waals surface area contributed by atoms with Gasteiger partial charge in [-0.15, -0.1) is 0 Å². The van der Waals surface area contributed by atoms with E-state index in [2.05, 4.69) is 15.4 Å². The predicted molar refractivity (Wildman–Crippen MR) is 125 cm³/mol. The van der Waals surface area contributed by atoms with Crippen LogP contribution in [0.25, 0.3) is 5.69 Å². The van der Waals surface area contributed by atoms with Gasteiger partial charge >= 0.3 is 11.7 Å². The number of nitrogens with zero attached hydrogens (tertiary/aromatic N) is 4. The number of alkyl halides is 6. The molecule has 1 unspecified atom stereocenters. The Morgan fingerprint density at radius 3 is 2.58 bits per heavy atom. The second-order valence-electron chi connectivity index (χ2n) is 8.79. The molecule has 4 N–H and O–H groups in total. The topological polar surface area (TPSA) is 109 Å². The number of hydrogen-bond acceptors (Lipinski definition) is 7. The average Bonchev–Trinajstić information content (AvgIpc) is 3.04. The van der Waals surface area contributed by atoms with Crippen molar-refractivity contribution in [2.45, 2.75) is 35.5 Å². The summed E-state index contributed by atoms with van der Waals surface area (Å²) in [6.07, 6.45) is -3.12. The minimum Gasteiger partial charge on any atom is -0.506 e. The van der Waals surface area contributed by atoms with Gasteiger partial charge in [0.25, 0.3) is 5.91 Å². The molecule has 2 aromatic heterocycles. The molecule has 0 bridgehead atoms. The average molecular weight is 559 g/mol. The zero-order valence-corrected chi connectivity index (χ0v) is 20.2. The number of nitrogens with two attached hydrogens (primary N) is 1. The standard InChI is InChI=1S/C23H20F6N6O2S/c24-22(25,26)19-8-13(30)12(9-32-19)21(37)34-6-4-16-20-14(3-5-31-10-17(20)34)33-35(16)15-2-1-11(7-18(15)36)38-23(27,28)29/h1-2,7-9,17,31,36H,3-6,10H2,(H2,30,32). The molecule has 202 valence electrons. The third-order valence-corrected chi connectivity index (χ3v) is 7.12. The first-order valence-electron chi connectivity index (χ1n) is 11.4. The molecule has 0 saturated carbocycles. The highest BCUT2D eigenvalue weighted by Crippen LogP contribution is 2.41. The maximum atomic E-state index is 13.4. The lowest BCUT2D eigenvalue weighted by atomic mass is 9.95. The molecular weight excluding hydrogens is 538 g/mol. The van der Waals surface area contributed by atoms with Gasteiger partial charge in [-0.1, -0.05) is 0 Å². The predicted octanol–water partition coefficient (Wildman–Crippen LogP) is 4.07. The fourth-order valence-electron chi connectivity index (χ4n) is 4.80. The van der Waals surface area contributed by atoms with Crippen molar-refractivity contribution in [1.82, 2.24) is 25.0 Å². The van der Waals surface area contributed by atoms with E-state index in [1.807, 2.05) is 0 Å². The number of nitrogen functional groups attached to an aromatic ring is 1. The number of nitrogens with one attached hydrogen (secondary N) is 1. The van der Waals surface area contributed by atoms with E-state index >= 15 is 0 Å². The molecule has 0 radical (unpaired) electrons. The summed E-state index contributed by atoms with van der Waals surface area (Å²) in [6, 6.07) is 3.70. The van der Waals surface area contributed by atoms with E-state index in [9.17, 15) is 36.2 Å². The lowest BCUT2D eigenvalue weighted by Crippen LogP contribution is -2.44. The van der Waals surface area contributed by atoms with Crippen molar-refractivity contribution < 1.29 is 36.2 Å². The molecule has 0 aliphatic carbocycles. The normalized spacial score (nSPS) is 17.7. The number of aromatic hydroxyl groups is 1. The quantitative estimate of drug-likeness (QED) is 0.329. The molecule has 15 heteroatoms. The number of phenols is 1. The number of thioether (sulfide) groups is 1. The summed E-state index contributed by atoms with van der Waals surface area (Å²) in [6.45, 7) is 1.02. The fourth-order valence-corrected chi connectivity index (χ4v) is 5.38. The Balaban J connectivity index is 1.50. The first kappa shape index (κ1) is 26.2. The second-order valence-corrected chi connectivity index (χ2v) is 9.93. The Kier molecular flexibility index (Phi) is 6.46. The van der Waals surface area contributed by atoms with E-state index in [4.69, 9.17) is 5.73 Å². The van der Waals surface area contributed by atoms with E-state index in [0.29, 0.717) is 37.0 Å². The summed E-state index contributed by atoms with van der Waals surface area (Å²) in [5, 5.41) is 18.4. The van der Waals surface area contributed by atoms with Crippen LogP contribution in [0.4, 0.5) is 32.0 Å². The number of anilines is 1. The first-order chi connectivity index (χ1) is 17.8. The van der Waals surface area contributed by atoms with E-state index < -0.39 is 29.3 Å². The molecule has 0 saturated heterocycles. The van der Waals surface area contributed by atoms with E-state index in [0.717, 1.165) is 17.8 Å². The van der Waals surface area contributed by atoms with Crippen LogP contribution in [0.5, 0.6) is 5.75 Å². The molecule has 1 aromatic carbocycles. The highest BCUT2D eigenvalue weighted by atomic mass is 32.2. The number of pyridine rings is 1. The van der Waals surface area contributed by atoms with Gasteiger partial charge in [-0.05, 0) is 36.0 Å². The maximum absolute atomic E-state index is 13.4. The van der Waals surface area contributed by atoms with Crippen LogP contribution in [0.1, 0.15) is 39.0 Å². The van der Waals surface area contributed by atoms with Crippen LogP contribution in [-0.4, -0.2) is 55.8 Å². The number of aromatic nitrogens is 3. The van der Waals surface area contributed by atoms with Crippen LogP contribution in [0, 0.1) is 0 Å². The molecule has 5 rings (SSSR count). The number of amides is 1. The summed E-state index contributed by atoms with van der Waals surface area (Å²) < 4.78 is 78.7. The van der Waals surface area contributed by atoms with Crippen LogP contribution in [0.2, 0.25) is 0 Å². The van der Waals surface area contributed by atoms with Crippen molar-refractivity contribution in [1.29, 1.82) is 0 Å². The smallest absolute Gasteiger partial charge is 0.446 e. The van der Waals surface area contributed by atoms with Gasteiger partial charge in [0.15, 0.2) is 0 Å². The van der Waals surface area contributed by atoms with Gasteiger partial charge in [0, 0.05) is 54.8 Å². The van der Waals surface area contributed by atoms with Crippen LogP contribution < -0.4 is 11.1 Å². The van der Waals surface area contributed by atoms with Crippen molar-refractivity contribution >= 4 is 23.4 Å². The lowest BCUT2D eigenvalue weighted by Gasteiger charge is -2.36. The minimum atomic E-state index is -4.71. The highest BCUT2D eigenvalue weighted by molar-refractivity contribution is 8.00. The second kappa shape index (κ2) is 9.38. The van der Waals surface area contributed by atoms with Crippen LogP contribution in [-0.2, 0) is 19.0 Å². The summed E-state index contributed by atoms with van der Waals surface area (Å²) in [7, 11) is 0. The molecular formula is C23H20F6N6O2S. The Hall–Kier alpha value is -3.46. The van der Waals surface area contributed by atoms with Crippen molar-refractivity contribution in [2.75, 3.05) is 25.4 Å². The van der Waals surface area contributed by atoms with E-state index in [-0.39, 0.29) is 52.3 Å². The molecule has 0 fully saturated rings. The number of halogens is 6. The van der Waals surface area contributed by atoms with Gasteiger partial charge in [0.2, 0.25) is 0 Å². The third kappa shape index (κ3) is 4.87. The molecule has 2 aliphatic rings. The van der Waals surface area contributed by atoms with Crippen LogP contribution >= 0.6 is 11.8 Å². The zero-order valence-electron chi connectivity index (χ0n) is 19.4. The van der Waals surface area contributed by atoms with Gasteiger partial charge < -0.3 is 21.1 Å². The Morgan fingerprint density at radius 2 is 1.92 bits per heavy atom. The summed E-state index contributed by atoms with van der Waals surface area (Å²) in [4.78, 5) is 18.1. The number of benzene rings is 1. The maximum Gasteiger partial charge on any atom is 0.446 e. The Bertz CT molecular complexity index is 1410. The molecule has 4 heterocycles. The number of phenolic OH excluding ortho intramolecular Hbond substituents is 1. The highest BCUT2D eigenvalue weighted by Gasteiger charge is 2.39. The van der Waals surface area contributed by atoms with Crippen LogP contribution in [0.3, 0.4) is 0 Å². The van der Waals surface area contributed by atoms with Crippen molar-refractivity contribution in [3.8, 4) is 11.4 Å². The van der Waals surface area contributed by atoms with Crippen molar-refractivity contribution in [2.24, 2.45) is 0 Å². The lowest BCUT2D eigenvalue weighted by molar-refractivity contribution is -0.141. The van der Waals surface area contributed by atoms with Gasteiger partial charge in [-0.25, -0.2) is 4.68 Å². The van der Waals surface area contributed by atoms with Gasteiger partial charge in [-0.3, -0.25) is 9.78 Å². The molecule has 0 spiro atoms. The largest absolute Gasteiger partial charge is 0.506 e. The number of carbonyl (C=O) groups excluding carboxylic acids is 1. The van der Waals surface area contributed by atoms with Gasteiger partial charge in [0.1, 0.15) is 17.1 Å². The summed E-state index contributed by atoms with van der Waals surface area (Å²) in [5.74, 6) is -0.969. The Labute approximate surface area is 215 Å². The SMILES string of the molecule is Nc1cc(C(F)(F)F)ncc1C(=O)N1CCc2c3c(nn2-c2ccc(SC(F)(F)F)cc2O)CCNCC31. The Morgan fingerprint density at radius 1 is 1.16 bits per heavy atom. The number of hydrogen-bond donors (Lipinski definition) is 3. The van der Waals surface area contributed by atoms with Gasteiger partial charge in [0.05, 0.1) is 23.0 Å². The molecule has 1 atom stereocenters.